The lowest BCUT2D eigenvalue weighted by molar-refractivity contribution is -0.135. The molecule has 0 saturated carbocycles. The van der Waals surface area contributed by atoms with Crippen LogP contribution in [0.15, 0.2) is 9.59 Å². The molecule has 0 aromatic carbocycles. The van der Waals surface area contributed by atoms with E-state index in [1.807, 2.05) is 0 Å². The van der Waals surface area contributed by atoms with Gasteiger partial charge >= 0.3 is 11.7 Å². The van der Waals surface area contributed by atoms with Crippen LogP contribution in [-0.4, -0.2) is 38.5 Å². The van der Waals surface area contributed by atoms with Gasteiger partial charge in [-0.2, -0.15) is 0 Å². The molecule has 0 aliphatic carbocycles. The Kier molecular flexibility index (Phi) is 3.89. The van der Waals surface area contributed by atoms with Gasteiger partial charge in [-0.1, -0.05) is 5.92 Å². The summed E-state index contributed by atoms with van der Waals surface area (Å²) < 4.78 is 1.79. The van der Waals surface area contributed by atoms with Gasteiger partial charge in [-0.3, -0.25) is 14.2 Å². The van der Waals surface area contributed by atoms with Crippen LogP contribution < -0.4 is 16.1 Å². The Morgan fingerprint density at radius 2 is 2.11 bits per heavy atom. The number of aromatic nitrogens is 3. The van der Waals surface area contributed by atoms with Crippen molar-refractivity contribution in [3.05, 3.63) is 20.8 Å². The van der Waals surface area contributed by atoms with Crippen molar-refractivity contribution < 1.29 is 9.90 Å². The molecular formula is C10H12N4O4. The maximum Gasteiger partial charge on any atom is 0.346 e. The van der Waals surface area contributed by atoms with Crippen molar-refractivity contribution >= 4 is 11.8 Å². The molecule has 1 rings (SSSR count). The van der Waals surface area contributed by atoms with Gasteiger partial charge in [0, 0.05) is 14.1 Å². The van der Waals surface area contributed by atoms with Crippen LogP contribution in [0.25, 0.3) is 0 Å². The molecule has 18 heavy (non-hydrogen) atoms. The third-order valence-electron chi connectivity index (χ3n) is 2.21. The Balaban J connectivity index is 3.38. The summed E-state index contributed by atoms with van der Waals surface area (Å²) in [5, 5.41) is 12.5. The van der Waals surface area contributed by atoms with Gasteiger partial charge in [0.15, 0.2) is 0 Å². The van der Waals surface area contributed by atoms with Crippen LogP contribution >= 0.6 is 0 Å². The molecule has 0 atom stereocenters. The maximum absolute atomic E-state index is 11.8. The highest BCUT2D eigenvalue weighted by molar-refractivity contribution is 5.73. The molecule has 1 N–H and O–H groups in total. The van der Waals surface area contributed by atoms with E-state index in [0.29, 0.717) is 0 Å². The van der Waals surface area contributed by atoms with Gasteiger partial charge in [0.25, 0.3) is 5.56 Å². The summed E-state index contributed by atoms with van der Waals surface area (Å²) in [5.74, 6) is 0.923. The molecule has 0 spiro atoms. The Labute approximate surface area is 102 Å². The molecule has 1 heterocycles. The van der Waals surface area contributed by atoms with Crippen LogP contribution in [0.4, 0.5) is 5.82 Å². The van der Waals surface area contributed by atoms with E-state index in [0.717, 1.165) is 14.1 Å². The third-order valence-corrected chi connectivity index (χ3v) is 2.21. The van der Waals surface area contributed by atoms with Crippen LogP contribution in [-0.2, 0) is 18.9 Å². The van der Waals surface area contributed by atoms with Crippen LogP contribution in [0, 0.1) is 12.3 Å². The molecular weight excluding hydrogens is 240 g/mol. The second-order valence-electron chi connectivity index (χ2n) is 3.55. The van der Waals surface area contributed by atoms with Gasteiger partial charge in [0.1, 0.15) is 6.54 Å². The zero-order valence-corrected chi connectivity index (χ0v) is 9.95. The Morgan fingerprint density at radius 3 is 2.61 bits per heavy atom. The van der Waals surface area contributed by atoms with Crippen LogP contribution in [0.5, 0.6) is 0 Å². The molecule has 1 aromatic rings. The molecule has 0 amide bonds. The maximum atomic E-state index is 11.8. The topological polar surface area (TPSA) is 97.4 Å². The average molecular weight is 252 g/mol. The van der Waals surface area contributed by atoms with Crippen molar-refractivity contribution in [2.24, 2.45) is 14.1 Å². The summed E-state index contributed by atoms with van der Waals surface area (Å²) >= 11 is 0. The Hall–Kier alpha value is -2.56. The molecule has 0 saturated heterocycles. The van der Waals surface area contributed by atoms with E-state index >= 15 is 0 Å². The highest BCUT2D eigenvalue weighted by atomic mass is 16.4. The normalized spacial score (nSPS) is 9.83. The van der Waals surface area contributed by atoms with Crippen molar-refractivity contribution in [2.75, 3.05) is 18.0 Å². The first-order valence-electron chi connectivity index (χ1n) is 4.93. The molecule has 0 aliphatic heterocycles. The Bertz CT molecular complexity index is 622. The molecule has 1 aromatic heterocycles. The minimum absolute atomic E-state index is 0.0905. The van der Waals surface area contributed by atoms with Crippen molar-refractivity contribution in [1.29, 1.82) is 0 Å². The van der Waals surface area contributed by atoms with E-state index in [1.165, 1.54) is 14.1 Å². The minimum Gasteiger partial charge on any atom is -0.480 e. The van der Waals surface area contributed by atoms with E-state index in [4.69, 9.17) is 11.5 Å². The number of carboxylic acids is 1. The number of hydrogen-bond acceptors (Lipinski definition) is 5. The summed E-state index contributed by atoms with van der Waals surface area (Å²) in [7, 11) is 2.64. The fraction of sp³-hybridized carbons (Fsp3) is 0.400. The fourth-order valence-corrected chi connectivity index (χ4v) is 1.36. The molecule has 8 heteroatoms. The highest BCUT2D eigenvalue weighted by Gasteiger charge is 2.17. The molecule has 0 fully saturated rings. The second-order valence-corrected chi connectivity index (χ2v) is 3.55. The number of terminal acetylenes is 1. The number of nitrogens with zero attached hydrogens (tertiary/aromatic N) is 4. The summed E-state index contributed by atoms with van der Waals surface area (Å²) in [5.41, 5.74) is -1.28. The lowest BCUT2D eigenvalue weighted by Gasteiger charge is -2.18. The fourth-order valence-electron chi connectivity index (χ4n) is 1.36. The van der Waals surface area contributed by atoms with Gasteiger partial charge in [0.05, 0.1) is 6.54 Å². The quantitative estimate of drug-likeness (QED) is 0.623. The van der Waals surface area contributed by atoms with E-state index in [1.54, 1.807) is 0 Å². The van der Waals surface area contributed by atoms with Crippen molar-refractivity contribution in [2.45, 2.75) is 0 Å². The monoisotopic (exact) mass is 252 g/mol. The molecule has 0 bridgehead atoms. The van der Waals surface area contributed by atoms with Gasteiger partial charge in [-0.05, 0) is 0 Å². The zero-order valence-electron chi connectivity index (χ0n) is 9.95. The molecule has 0 radical (unpaired) electrons. The van der Waals surface area contributed by atoms with Crippen LogP contribution in [0.1, 0.15) is 0 Å². The van der Waals surface area contributed by atoms with E-state index in [-0.39, 0.29) is 12.4 Å². The molecule has 0 unspecified atom stereocenters. The minimum atomic E-state index is -1.15. The standard InChI is InChI=1S/C10H12N4O4/c1-4-5-14(6-7(15)16)8-9(17)12(2)10(18)13(3)11-8/h1H,5-6H2,2-3H3,(H,15,16). The number of anilines is 1. The summed E-state index contributed by atoms with van der Waals surface area (Å²) in [6, 6.07) is 0. The first-order chi connectivity index (χ1) is 8.38. The van der Waals surface area contributed by atoms with Crippen LogP contribution in [0.3, 0.4) is 0 Å². The number of carbonyl (C=O) groups is 1. The summed E-state index contributed by atoms with van der Waals surface area (Å²) in [6.45, 7) is -0.558. The average Bonchev–Trinajstić information content (AvgIpc) is 2.30. The SMILES string of the molecule is C#CCN(CC(=O)O)c1nn(C)c(=O)n(C)c1=O. The van der Waals surface area contributed by atoms with Gasteiger partial charge in [-0.15, -0.1) is 11.5 Å². The lowest BCUT2D eigenvalue weighted by Crippen LogP contribution is -2.44. The van der Waals surface area contributed by atoms with Crippen LogP contribution in [0.2, 0.25) is 0 Å². The predicted octanol–water partition coefficient (Wildman–Crippen LogP) is -2.00. The third kappa shape index (κ3) is 2.57. The van der Waals surface area contributed by atoms with Crippen molar-refractivity contribution in [1.82, 2.24) is 14.3 Å². The summed E-state index contributed by atoms with van der Waals surface area (Å²) in [4.78, 5) is 35.1. The van der Waals surface area contributed by atoms with Crippen molar-refractivity contribution in [3.63, 3.8) is 0 Å². The number of carboxylic acid groups (broad SMARTS) is 1. The number of aliphatic carboxylic acids is 1. The smallest absolute Gasteiger partial charge is 0.346 e. The number of rotatable bonds is 4. The van der Waals surface area contributed by atoms with E-state index < -0.39 is 23.8 Å². The number of aryl methyl sites for hydroxylation is 1. The second kappa shape index (κ2) is 5.18. The zero-order chi connectivity index (χ0) is 13.9. The lowest BCUT2D eigenvalue weighted by atomic mass is 10.4. The first kappa shape index (κ1) is 13.5. The highest BCUT2D eigenvalue weighted by Crippen LogP contribution is 2.00. The molecule has 96 valence electrons. The van der Waals surface area contributed by atoms with E-state index in [9.17, 15) is 14.4 Å². The predicted molar refractivity (Wildman–Crippen MR) is 63.4 cm³/mol. The van der Waals surface area contributed by atoms with Gasteiger partial charge < -0.3 is 10.0 Å². The largest absolute Gasteiger partial charge is 0.480 e. The van der Waals surface area contributed by atoms with Gasteiger partial charge in [0.2, 0.25) is 5.82 Å². The number of hydrogen-bond donors (Lipinski definition) is 1. The van der Waals surface area contributed by atoms with E-state index in [2.05, 4.69) is 11.0 Å². The first-order valence-corrected chi connectivity index (χ1v) is 4.93. The summed E-state index contributed by atoms with van der Waals surface area (Å²) in [6.07, 6.45) is 5.11. The van der Waals surface area contributed by atoms with Crippen molar-refractivity contribution in [3.8, 4) is 12.3 Å². The Morgan fingerprint density at radius 1 is 1.50 bits per heavy atom. The molecule has 8 nitrogen and oxygen atoms in total. The molecule has 0 aliphatic rings. The van der Waals surface area contributed by atoms with Gasteiger partial charge in [-0.25, -0.2) is 9.48 Å².